The molecule has 0 bridgehead atoms. The van der Waals surface area contributed by atoms with Crippen LogP contribution in [0.1, 0.15) is 44.2 Å². The summed E-state index contributed by atoms with van der Waals surface area (Å²) in [5.41, 5.74) is 0.0841. The third-order valence-corrected chi connectivity index (χ3v) is 3.99. The molecule has 0 unspecified atom stereocenters. The van der Waals surface area contributed by atoms with Crippen molar-refractivity contribution < 1.29 is 9.53 Å². The Balaban J connectivity index is 2.31. The first-order valence-corrected chi connectivity index (χ1v) is 7.28. The van der Waals surface area contributed by atoms with Crippen LogP contribution in [0.5, 0.6) is 0 Å². The van der Waals surface area contributed by atoms with Gasteiger partial charge in [0.15, 0.2) is 0 Å². The summed E-state index contributed by atoms with van der Waals surface area (Å²) in [6, 6.07) is 1.92. The molecule has 0 aromatic carbocycles. The Morgan fingerprint density at radius 2 is 2.19 bits per heavy atom. The summed E-state index contributed by atoms with van der Waals surface area (Å²) in [5, 5.41) is 3.04. The molecule has 1 amide bonds. The molecule has 0 aliphatic carbocycles. The fourth-order valence-corrected chi connectivity index (χ4v) is 2.64. The molecule has 1 aliphatic rings. The highest BCUT2D eigenvalue weighted by Crippen LogP contribution is 2.33. The number of ether oxygens (including phenoxy) is 1. The molecule has 0 saturated carbocycles. The number of likely N-dealkylation sites (tertiary alicyclic amines) is 1. The van der Waals surface area contributed by atoms with Gasteiger partial charge in [-0.2, -0.15) is 0 Å². The molecule has 0 spiro atoms. The van der Waals surface area contributed by atoms with Gasteiger partial charge in [0, 0.05) is 26.8 Å². The Labute approximate surface area is 125 Å². The first-order valence-electron chi connectivity index (χ1n) is 7.28. The second-order valence-corrected chi connectivity index (χ2v) is 5.85. The smallest absolute Gasteiger partial charge is 0.254 e. The van der Waals surface area contributed by atoms with E-state index in [0.717, 1.165) is 30.9 Å². The third-order valence-electron chi connectivity index (χ3n) is 3.99. The Morgan fingerprint density at radius 3 is 2.81 bits per heavy atom. The number of hydrogen-bond acceptors (Lipinski definition) is 5. The summed E-state index contributed by atoms with van der Waals surface area (Å²) in [6.45, 7) is 6.21. The number of rotatable bonds is 4. The molecule has 1 aliphatic heterocycles. The molecule has 6 heteroatoms. The van der Waals surface area contributed by atoms with Crippen LogP contribution >= 0.6 is 0 Å². The van der Waals surface area contributed by atoms with Gasteiger partial charge in [0.1, 0.15) is 17.2 Å². The van der Waals surface area contributed by atoms with Crippen LogP contribution < -0.4 is 5.32 Å². The zero-order valence-electron chi connectivity index (χ0n) is 13.4. The number of aromatic nitrogens is 2. The van der Waals surface area contributed by atoms with Crippen LogP contribution in [-0.4, -0.2) is 47.1 Å². The Bertz CT molecular complexity index is 530. The number of amides is 1. The molecule has 2 heterocycles. The average molecular weight is 292 g/mol. The Kier molecular flexibility index (Phi) is 4.46. The summed E-state index contributed by atoms with van der Waals surface area (Å²) < 4.78 is 5.33. The number of methoxy groups -OCH3 is 1. The molecule has 1 N–H and O–H groups in total. The van der Waals surface area contributed by atoms with Gasteiger partial charge in [0.05, 0.1) is 11.7 Å². The van der Waals surface area contributed by atoms with Gasteiger partial charge in [-0.25, -0.2) is 9.97 Å². The van der Waals surface area contributed by atoms with Gasteiger partial charge in [0.25, 0.3) is 5.91 Å². The van der Waals surface area contributed by atoms with Crippen molar-refractivity contribution in [2.45, 2.75) is 45.3 Å². The summed E-state index contributed by atoms with van der Waals surface area (Å²) in [4.78, 5) is 23.4. The molecule has 116 valence electrons. The van der Waals surface area contributed by atoms with Crippen LogP contribution in [-0.2, 0) is 9.53 Å². The van der Waals surface area contributed by atoms with Gasteiger partial charge in [-0.1, -0.05) is 0 Å². The average Bonchev–Trinajstić information content (AvgIpc) is 2.94. The molecule has 1 aromatic heterocycles. The zero-order valence-corrected chi connectivity index (χ0v) is 13.4. The predicted molar refractivity (Wildman–Crippen MR) is 81.1 cm³/mol. The summed E-state index contributed by atoms with van der Waals surface area (Å²) in [7, 11) is 3.40. The maximum absolute atomic E-state index is 12.7. The fourth-order valence-electron chi connectivity index (χ4n) is 2.64. The van der Waals surface area contributed by atoms with Crippen molar-refractivity contribution >= 4 is 11.7 Å². The number of hydrogen-bond donors (Lipinski definition) is 1. The van der Waals surface area contributed by atoms with E-state index in [1.54, 1.807) is 21.0 Å². The highest BCUT2D eigenvalue weighted by molar-refractivity contribution is 5.85. The minimum atomic E-state index is -0.809. The van der Waals surface area contributed by atoms with Crippen LogP contribution in [0.3, 0.4) is 0 Å². The first kappa shape index (κ1) is 15.7. The molecule has 1 aromatic rings. The van der Waals surface area contributed by atoms with Crippen molar-refractivity contribution in [1.29, 1.82) is 0 Å². The van der Waals surface area contributed by atoms with Gasteiger partial charge < -0.3 is 15.0 Å². The van der Waals surface area contributed by atoms with Crippen molar-refractivity contribution in [2.24, 2.45) is 0 Å². The van der Waals surface area contributed by atoms with Crippen molar-refractivity contribution in [3.63, 3.8) is 0 Å². The van der Waals surface area contributed by atoms with E-state index in [0.29, 0.717) is 5.82 Å². The van der Waals surface area contributed by atoms with Crippen LogP contribution in [0.25, 0.3) is 0 Å². The number of carbonyl (C=O) groups excluding carboxylic acids is 1. The van der Waals surface area contributed by atoms with E-state index in [9.17, 15) is 4.79 Å². The van der Waals surface area contributed by atoms with E-state index in [1.807, 2.05) is 24.9 Å². The van der Waals surface area contributed by atoms with Crippen LogP contribution in [0.15, 0.2) is 6.07 Å². The standard InChI is InChI=1S/C15H24N4O2/c1-10-17-11(9-13(16-4)18-10)12-7-6-8-19(12)14(20)15(2,3)21-5/h9,12H,6-8H2,1-5H3,(H,16,17,18)/t12-/m0/s1. The molecule has 0 radical (unpaired) electrons. The quantitative estimate of drug-likeness (QED) is 0.918. The molecule has 21 heavy (non-hydrogen) atoms. The van der Waals surface area contributed by atoms with E-state index in [4.69, 9.17) is 4.74 Å². The SMILES string of the molecule is CNc1cc([C@@H]2CCCN2C(=O)C(C)(C)OC)nc(C)n1. The van der Waals surface area contributed by atoms with Crippen molar-refractivity contribution in [3.8, 4) is 0 Å². The summed E-state index contributed by atoms with van der Waals surface area (Å²) in [5.74, 6) is 1.50. The maximum Gasteiger partial charge on any atom is 0.254 e. The van der Waals surface area contributed by atoms with E-state index < -0.39 is 5.60 Å². The van der Waals surface area contributed by atoms with Gasteiger partial charge in [-0.15, -0.1) is 0 Å². The lowest BCUT2D eigenvalue weighted by Gasteiger charge is -2.32. The summed E-state index contributed by atoms with van der Waals surface area (Å²) >= 11 is 0. The van der Waals surface area contributed by atoms with Crippen LogP contribution in [0.4, 0.5) is 5.82 Å². The largest absolute Gasteiger partial charge is 0.373 e. The highest BCUT2D eigenvalue weighted by atomic mass is 16.5. The fraction of sp³-hybridized carbons (Fsp3) is 0.667. The molecular formula is C15H24N4O2. The van der Waals surface area contributed by atoms with E-state index >= 15 is 0 Å². The third kappa shape index (κ3) is 3.15. The molecule has 6 nitrogen and oxygen atoms in total. The van der Waals surface area contributed by atoms with E-state index in [-0.39, 0.29) is 11.9 Å². The molecule has 1 atom stereocenters. The molecule has 2 rings (SSSR count). The van der Waals surface area contributed by atoms with Crippen LogP contribution in [0, 0.1) is 6.92 Å². The minimum absolute atomic E-state index is 0.000671. The van der Waals surface area contributed by atoms with Gasteiger partial charge >= 0.3 is 0 Å². The Morgan fingerprint density at radius 1 is 1.48 bits per heavy atom. The first-order chi connectivity index (χ1) is 9.89. The number of carbonyl (C=O) groups is 1. The van der Waals surface area contributed by atoms with Gasteiger partial charge in [-0.05, 0) is 33.6 Å². The van der Waals surface area contributed by atoms with Crippen molar-refractivity contribution in [1.82, 2.24) is 14.9 Å². The predicted octanol–water partition coefficient (Wildman–Crippen LogP) is 1.92. The lowest BCUT2D eigenvalue weighted by molar-refractivity contribution is -0.152. The monoisotopic (exact) mass is 292 g/mol. The second-order valence-electron chi connectivity index (χ2n) is 5.85. The van der Waals surface area contributed by atoms with Gasteiger partial charge in [-0.3, -0.25) is 4.79 Å². The highest BCUT2D eigenvalue weighted by Gasteiger charge is 2.39. The molecular weight excluding hydrogens is 268 g/mol. The van der Waals surface area contributed by atoms with Crippen molar-refractivity contribution in [2.75, 3.05) is 26.0 Å². The lowest BCUT2D eigenvalue weighted by Crippen LogP contribution is -2.46. The van der Waals surface area contributed by atoms with E-state index in [2.05, 4.69) is 15.3 Å². The summed E-state index contributed by atoms with van der Waals surface area (Å²) in [6.07, 6.45) is 1.90. The molecule has 1 fully saturated rings. The number of aryl methyl sites for hydroxylation is 1. The second kappa shape index (κ2) is 5.97. The van der Waals surface area contributed by atoms with Gasteiger partial charge in [0.2, 0.25) is 0 Å². The maximum atomic E-state index is 12.7. The molecule has 1 saturated heterocycles. The normalized spacial score (nSPS) is 18.9. The van der Waals surface area contributed by atoms with E-state index in [1.165, 1.54) is 0 Å². The van der Waals surface area contributed by atoms with Crippen LogP contribution in [0.2, 0.25) is 0 Å². The number of anilines is 1. The topological polar surface area (TPSA) is 67.4 Å². The van der Waals surface area contributed by atoms with Crippen molar-refractivity contribution in [3.05, 3.63) is 17.6 Å². The lowest BCUT2D eigenvalue weighted by atomic mass is 10.1. The number of nitrogens with zero attached hydrogens (tertiary/aromatic N) is 3. The number of nitrogens with one attached hydrogen (secondary N) is 1. The Hall–Kier alpha value is -1.69. The zero-order chi connectivity index (χ0) is 15.6. The minimum Gasteiger partial charge on any atom is -0.373 e.